The molecule has 19 heavy (non-hydrogen) atoms. The quantitative estimate of drug-likeness (QED) is 0.706. The largest absolute Gasteiger partial charge is 0.468 e. The van der Waals surface area contributed by atoms with Gasteiger partial charge in [0.25, 0.3) is 0 Å². The van der Waals surface area contributed by atoms with Gasteiger partial charge in [0.05, 0.1) is 20.2 Å². The van der Waals surface area contributed by atoms with Crippen molar-refractivity contribution < 1.29 is 14.3 Å². The molecule has 0 atom stereocenters. The first-order valence-electron chi connectivity index (χ1n) is 7.10. The van der Waals surface area contributed by atoms with Crippen LogP contribution in [0.25, 0.3) is 0 Å². The molecule has 1 rings (SSSR count). The van der Waals surface area contributed by atoms with Crippen LogP contribution in [0.5, 0.6) is 0 Å². The highest BCUT2D eigenvalue weighted by Gasteiger charge is 2.26. The number of ether oxygens (including phenoxy) is 1. The zero-order valence-corrected chi connectivity index (χ0v) is 12.3. The molecule has 0 aromatic heterocycles. The summed E-state index contributed by atoms with van der Waals surface area (Å²) in [5.41, 5.74) is 0. The molecular weight excluding hydrogens is 244 g/mol. The van der Waals surface area contributed by atoms with E-state index < -0.39 is 0 Å². The highest BCUT2D eigenvalue weighted by molar-refractivity contribution is 5.79. The lowest BCUT2D eigenvalue weighted by Gasteiger charge is -2.27. The maximum absolute atomic E-state index is 11.9. The molecule has 0 aliphatic heterocycles. The molecule has 1 aliphatic carbocycles. The average molecular weight is 270 g/mol. The topological polar surface area (TPSA) is 58.6 Å². The van der Waals surface area contributed by atoms with Gasteiger partial charge in [-0.25, -0.2) is 0 Å². The van der Waals surface area contributed by atoms with Crippen molar-refractivity contribution >= 4 is 11.9 Å². The van der Waals surface area contributed by atoms with Gasteiger partial charge in [-0.15, -0.1) is 0 Å². The van der Waals surface area contributed by atoms with Gasteiger partial charge in [-0.1, -0.05) is 26.7 Å². The molecule has 0 saturated heterocycles. The molecule has 0 bridgehead atoms. The Balaban J connectivity index is 2.47. The summed E-state index contributed by atoms with van der Waals surface area (Å²) in [6, 6.07) is 0.337. The fourth-order valence-electron chi connectivity index (χ4n) is 2.37. The van der Waals surface area contributed by atoms with Crippen LogP contribution in [0.1, 0.15) is 39.5 Å². The molecule has 1 amide bonds. The smallest absolute Gasteiger partial charge is 0.319 e. The zero-order valence-electron chi connectivity index (χ0n) is 12.3. The van der Waals surface area contributed by atoms with Gasteiger partial charge in [-0.05, 0) is 18.8 Å². The lowest BCUT2D eigenvalue weighted by atomic mass is 10.2. The van der Waals surface area contributed by atoms with Gasteiger partial charge < -0.3 is 10.1 Å². The highest BCUT2D eigenvalue weighted by atomic mass is 16.5. The lowest BCUT2D eigenvalue weighted by molar-refractivity contribution is -0.143. The normalized spacial score (nSPS) is 16.1. The Bertz CT molecular complexity index is 299. The minimum absolute atomic E-state index is 0.00972. The summed E-state index contributed by atoms with van der Waals surface area (Å²) in [5.74, 6) is 0.151. The molecule has 1 N–H and O–H groups in total. The minimum atomic E-state index is -0.274. The molecule has 110 valence electrons. The first kappa shape index (κ1) is 16.0. The first-order chi connectivity index (χ1) is 9.02. The maximum atomic E-state index is 11.9. The number of esters is 1. The standard InChI is InChI=1S/C14H26N2O3/c1-11(2)8-15-13(17)9-16(10-14(18)19-3)12-6-4-5-7-12/h11-12H,4-10H2,1-3H3,(H,15,17). The van der Waals surface area contributed by atoms with Crippen molar-refractivity contribution in [2.45, 2.75) is 45.6 Å². The molecule has 1 saturated carbocycles. The van der Waals surface area contributed by atoms with Crippen LogP contribution < -0.4 is 5.32 Å². The Morgan fingerprint density at radius 3 is 2.42 bits per heavy atom. The number of carbonyl (C=O) groups excluding carboxylic acids is 2. The van der Waals surface area contributed by atoms with Crippen LogP contribution in [-0.4, -0.2) is 49.6 Å². The van der Waals surface area contributed by atoms with Gasteiger partial charge in [0.1, 0.15) is 0 Å². The molecular formula is C14H26N2O3. The predicted octanol–water partition coefficient (Wildman–Crippen LogP) is 1.18. The second-order valence-electron chi connectivity index (χ2n) is 5.62. The molecule has 1 aliphatic rings. The lowest BCUT2D eigenvalue weighted by Crippen LogP contribution is -2.45. The molecule has 0 radical (unpaired) electrons. The fourth-order valence-corrected chi connectivity index (χ4v) is 2.37. The van der Waals surface area contributed by atoms with E-state index in [4.69, 9.17) is 4.74 Å². The summed E-state index contributed by atoms with van der Waals surface area (Å²) in [6.07, 6.45) is 4.48. The van der Waals surface area contributed by atoms with Crippen molar-refractivity contribution in [2.24, 2.45) is 5.92 Å². The van der Waals surface area contributed by atoms with E-state index in [0.717, 1.165) is 12.8 Å². The third-order valence-corrected chi connectivity index (χ3v) is 3.46. The zero-order chi connectivity index (χ0) is 14.3. The van der Waals surface area contributed by atoms with Crippen LogP contribution in [0.3, 0.4) is 0 Å². The SMILES string of the molecule is COC(=O)CN(CC(=O)NCC(C)C)C1CCCC1. The number of methoxy groups -OCH3 is 1. The van der Waals surface area contributed by atoms with Crippen LogP contribution in [-0.2, 0) is 14.3 Å². The fraction of sp³-hybridized carbons (Fsp3) is 0.857. The van der Waals surface area contributed by atoms with Crippen molar-refractivity contribution in [2.75, 3.05) is 26.7 Å². The average Bonchev–Trinajstić information content (AvgIpc) is 2.89. The summed E-state index contributed by atoms with van der Waals surface area (Å²) in [7, 11) is 1.38. The summed E-state index contributed by atoms with van der Waals surface area (Å²) < 4.78 is 4.71. The van der Waals surface area contributed by atoms with Gasteiger partial charge in [0.15, 0.2) is 0 Å². The molecule has 1 fully saturated rings. The number of carbonyl (C=O) groups is 2. The molecule has 5 heteroatoms. The Labute approximate surface area is 115 Å². The van der Waals surface area contributed by atoms with Crippen LogP contribution in [0, 0.1) is 5.92 Å². The summed E-state index contributed by atoms with van der Waals surface area (Å²) in [6.45, 7) is 5.28. The van der Waals surface area contributed by atoms with Crippen molar-refractivity contribution in [1.29, 1.82) is 0 Å². The Morgan fingerprint density at radius 1 is 1.26 bits per heavy atom. The Morgan fingerprint density at radius 2 is 1.89 bits per heavy atom. The van der Waals surface area contributed by atoms with E-state index in [2.05, 4.69) is 19.2 Å². The van der Waals surface area contributed by atoms with E-state index >= 15 is 0 Å². The van der Waals surface area contributed by atoms with E-state index in [9.17, 15) is 9.59 Å². The third kappa shape index (κ3) is 6.05. The van der Waals surface area contributed by atoms with E-state index in [1.165, 1.54) is 20.0 Å². The third-order valence-electron chi connectivity index (χ3n) is 3.46. The summed E-state index contributed by atoms with van der Waals surface area (Å²) in [4.78, 5) is 25.3. The van der Waals surface area contributed by atoms with Crippen molar-refractivity contribution in [3.05, 3.63) is 0 Å². The van der Waals surface area contributed by atoms with Crippen LogP contribution in [0.4, 0.5) is 0 Å². The Hall–Kier alpha value is -1.10. The predicted molar refractivity (Wildman–Crippen MR) is 73.7 cm³/mol. The first-order valence-corrected chi connectivity index (χ1v) is 7.10. The number of hydrogen-bond donors (Lipinski definition) is 1. The molecule has 5 nitrogen and oxygen atoms in total. The van der Waals surface area contributed by atoms with E-state index in [0.29, 0.717) is 18.5 Å². The summed E-state index contributed by atoms with van der Waals surface area (Å²) in [5, 5.41) is 2.89. The van der Waals surface area contributed by atoms with Gasteiger partial charge >= 0.3 is 5.97 Å². The Kier molecular flexibility index (Phi) is 6.84. The van der Waals surface area contributed by atoms with Gasteiger partial charge in [0.2, 0.25) is 5.91 Å². The molecule has 0 aromatic carbocycles. The second-order valence-corrected chi connectivity index (χ2v) is 5.62. The molecule has 0 spiro atoms. The van der Waals surface area contributed by atoms with Crippen LogP contribution in [0.2, 0.25) is 0 Å². The minimum Gasteiger partial charge on any atom is -0.468 e. The van der Waals surface area contributed by atoms with Crippen LogP contribution >= 0.6 is 0 Å². The summed E-state index contributed by atoms with van der Waals surface area (Å²) >= 11 is 0. The number of nitrogens with one attached hydrogen (secondary N) is 1. The van der Waals surface area contributed by atoms with Crippen molar-refractivity contribution in [3.63, 3.8) is 0 Å². The molecule has 0 heterocycles. The molecule has 0 aromatic rings. The number of rotatable bonds is 7. The highest BCUT2D eigenvalue weighted by Crippen LogP contribution is 2.23. The van der Waals surface area contributed by atoms with Crippen molar-refractivity contribution in [1.82, 2.24) is 10.2 Å². The van der Waals surface area contributed by atoms with Crippen LogP contribution in [0.15, 0.2) is 0 Å². The van der Waals surface area contributed by atoms with Crippen molar-refractivity contribution in [3.8, 4) is 0 Å². The monoisotopic (exact) mass is 270 g/mol. The van der Waals surface area contributed by atoms with Gasteiger partial charge in [-0.2, -0.15) is 0 Å². The number of nitrogens with zero attached hydrogens (tertiary/aromatic N) is 1. The van der Waals surface area contributed by atoms with E-state index in [1.807, 2.05) is 4.90 Å². The number of amides is 1. The number of hydrogen-bond acceptors (Lipinski definition) is 4. The van der Waals surface area contributed by atoms with E-state index in [1.54, 1.807) is 0 Å². The second kappa shape index (κ2) is 8.15. The molecule has 0 unspecified atom stereocenters. The maximum Gasteiger partial charge on any atom is 0.319 e. The van der Waals surface area contributed by atoms with Gasteiger partial charge in [0, 0.05) is 12.6 Å². The van der Waals surface area contributed by atoms with Gasteiger partial charge in [-0.3, -0.25) is 14.5 Å². The van der Waals surface area contributed by atoms with E-state index in [-0.39, 0.29) is 25.0 Å².